The predicted molar refractivity (Wildman–Crippen MR) is 63.2 cm³/mol. The maximum Gasteiger partial charge on any atom is 0.348 e. The normalized spacial score (nSPS) is 17.9. The number of hydrogen-bond donors (Lipinski definition) is 1. The van der Waals surface area contributed by atoms with Crippen LogP contribution in [0.1, 0.15) is 12.0 Å². The minimum absolute atomic E-state index is 0.207. The summed E-state index contributed by atoms with van der Waals surface area (Å²) in [5.41, 5.74) is 1.22. The molecule has 96 valence electrons. The Hall–Kier alpha value is -2.24. The van der Waals surface area contributed by atoms with Gasteiger partial charge in [-0.2, -0.15) is 0 Å². The van der Waals surface area contributed by atoms with E-state index in [2.05, 4.69) is 5.16 Å². The van der Waals surface area contributed by atoms with Crippen LogP contribution in [-0.4, -0.2) is 37.1 Å². The van der Waals surface area contributed by atoms with E-state index in [0.717, 1.165) is 0 Å². The van der Waals surface area contributed by atoms with Crippen LogP contribution in [0.15, 0.2) is 23.4 Å². The highest BCUT2D eigenvalue weighted by Crippen LogP contribution is 2.28. The Morgan fingerprint density at radius 2 is 2.22 bits per heavy atom. The summed E-state index contributed by atoms with van der Waals surface area (Å²) in [5.74, 6) is 0.215. The van der Waals surface area contributed by atoms with Crippen molar-refractivity contribution in [2.45, 2.75) is 12.5 Å². The number of oxime groups is 1. The molecule has 1 aromatic carbocycles. The van der Waals surface area contributed by atoms with Crippen molar-refractivity contribution in [2.75, 3.05) is 14.2 Å². The highest BCUT2D eigenvalue weighted by Gasteiger charge is 2.29. The number of aliphatic carboxylic acids is 1. The van der Waals surface area contributed by atoms with Gasteiger partial charge in [0.25, 0.3) is 0 Å². The SMILES string of the molecule is COc1ccc(OC)c(C2=NO[C@@H](C(=O)O)C2)c1. The van der Waals surface area contributed by atoms with Gasteiger partial charge in [0.15, 0.2) is 0 Å². The van der Waals surface area contributed by atoms with Gasteiger partial charge in [0.05, 0.1) is 19.9 Å². The molecule has 0 saturated carbocycles. The lowest BCUT2D eigenvalue weighted by Gasteiger charge is -2.09. The van der Waals surface area contributed by atoms with E-state index in [0.29, 0.717) is 22.8 Å². The second-order valence-electron chi connectivity index (χ2n) is 3.74. The van der Waals surface area contributed by atoms with Crippen molar-refractivity contribution in [3.05, 3.63) is 23.8 Å². The molecular weight excluding hydrogens is 238 g/mol. The molecular formula is C12H13NO5. The van der Waals surface area contributed by atoms with Gasteiger partial charge in [-0.1, -0.05) is 5.16 Å². The van der Waals surface area contributed by atoms with Crippen LogP contribution in [0.3, 0.4) is 0 Å². The summed E-state index contributed by atoms with van der Waals surface area (Å²) in [6.45, 7) is 0. The fourth-order valence-electron chi connectivity index (χ4n) is 1.71. The van der Waals surface area contributed by atoms with Crippen LogP contribution < -0.4 is 9.47 Å². The van der Waals surface area contributed by atoms with Gasteiger partial charge in [0, 0.05) is 12.0 Å². The molecule has 0 saturated heterocycles. The van der Waals surface area contributed by atoms with Gasteiger partial charge < -0.3 is 19.4 Å². The summed E-state index contributed by atoms with van der Waals surface area (Å²) in [7, 11) is 3.09. The second-order valence-corrected chi connectivity index (χ2v) is 3.74. The summed E-state index contributed by atoms with van der Waals surface area (Å²) in [4.78, 5) is 15.6. The van der Waals surface area contributed by atoms with Crippen molar-refractivity contribution in [1.82, 2.24) is 0 Å². The maximum atomic E-state index is 10.8. The summed E-state index contributed by atoms with van der Waals surface area (Å²) in [6.07, 6.45) is -0.727. The Labute approximate surface area is 104 Å². The number of rotatable bonds is 4. The first kappa shape index (κ1) is 12.2. The third kappa shape index (κ3) is 2.22. The quantitative estimate of drug-likeness (QED) is 0.872. The lowest BCUT2D eigenvalue weighted by molar-refractivity contribution is -0.148. The molecule has 18 heavy (non-hydrogen) atoms. The largest absolute Gasteiger partial charge is 0.497 e. The van der Waals surface area contributed by atoms with Gasteiger partial charge in [0.1, 0.15) is 11.5 Å². The molecule has 0 bridgehead atoms. The molecule has 0 spiro atoms. The van der Waals surface area contributed by atoms with Gasteiger partial charge in [-0.3, -0.25) is 0 Å². The lowest BCUT2D eigenvalue weighted by Crippen LogP contribution is -2.20. The van der Waals surface area contributed by atoms with E-state index in [-0.39, 0.29) is 6.42 Å². The number of benzene rings is 1. The molecule has 1 atom stereocenters. The van der Waals surface area contributed by atoms with Crippen molar-refractivity contribution in [2.24, 2.45) is 5.16 Å². The van der Waals surface area contributed by atoms with Gasteiger partial charge in [-0.15, -0.1) is 0 Å². The van der Waals surface area contributed by atoms with Crippen LogP contribution in [0.2, 0.25) is 0 Å². The fraction of sp³-hybridized carbons (Fsp3) is 0.333. The third-order valence-electron chi connectivity index (χ3n) is 2.66. The highest BCUT2D eigenvalue weighted by atomic mass is 16.7. The van der Waals surface area contributed by atoms with Crippen LogP contribution >= 0.6 is 0 Å². The Bertz CT molecular complexity index is 497. The Balaban J connectivity index is 2.30. The zero-order valence-corrected chi connectivity index (χ0v) is 10.0. The van der Waals surface area contributed by atoms with Gasteiger partial charge in [0.2, 0.25) is 6.10 Å². The number of nitrogens with zero attached hydrogens (tertiary/aromatic N) is 1. The highest BCUT2D eigenvalue weighted by molar-refractivity contribution is 6.05. The van der Waals surface area contributed by atoms with E-state index in [9.17, 15) is 4.79 Å². The van der Waals surface area contributed by atoms with E-state index >= 15 is 0 Å². The monoisotopic (exact) mass is 251 g/mol. The molecule has 6 heteroatoms. The zero-order chi connectivity index (χ0) is 13.1. The van der Waals surface area contributed by atoms with E-state index in [1.807, 2.05) is 0 Å². The molecule has 0 unspecified atom stereocenters. The maximum absolute atomic E-state index is 10.8. The third-order valence-corrected chi connectivity index (χ3v) is 2.66. The number of carboxylic acids is 1. The number of hydrogen-bond acceptors (Lipinski definition) is 5. The fourth-order valence-corrected chi connectivity index (χ4v) is 1.71. The topological polar surface area (TPSA) is 77.3 Å². The van der Waals surface area contributed by atoms with E-state index in [1.54, 1.807) is 25.3 Å². The van der Waals surface area contributed by atoms with Crippen molar-refractivity contribution >= 4 is 11.7 Å². The molecule has 1 N–H and O–H groups in total. The molecule has 1 aromatic rings. The Kier molecular flexibility index (Phi) is 3.36. The average Bonchev–Trinajstić information content (AvgIpc) is 2.87. The van der Waals surface area contributed by atoms with Crippen LogP contribution in [0.5, 0.6) is 11.5 Å². The standard InChI is InChI=1S/C12H13NO5/c1-16-7-3-4-10(17-2)8(5-7)9-6-11(12(14)15)18-13-9/h3-5,11H,6H2,1-2H3,(H,14,15)/t11-/m1/s1. The molecule has 1 aliphatic rings. The molecule has 0 amide bonds. The first-order valence-corrected chi connectivity index (χ1v) is 5.33. The van der Waals surface area contributed by atoms with Crippen LogP contribution in [0.4, 0.5) is 0 Å². The van der Waals surface area contributed by atoms with Crippen molar-refractivity contribution in [3.63, 3.8) is 0 Å². The van der Waals surface area contributed by atoms with E-state index in [1.165, 1.54) is 7.11 Å². The molecule has 6 nitrogen and oxygen atoms in total. The predicted octanol–water partition coefficient (Wildman–Crippen LogP) is 1.28. The van der Waals surface area contributed by atoms with Crippen LogP contribution in [0, 0.1) is 0 Å². The number of carboxylic acid groups (broad SMARTS) is 1. The molecule has 1 aliphatic heterocycles. The number of methoxy groups -OCH3 is 2. The van der Waals surface area contributed by atoms with Crippen molar-refractivity contribution in [1.29, 1.82) is 0 Å². The summed E-state index contributed by atoms with van der Waals surface area (Å²) in [6, 6.07) is 5.24. The molecule has 0 radical (unpaired) electrons. The number of carbonyl (C=O) groups is 1. The smallest absolute Gasteiger partial charge is 0.348 e. The summed E-state index contributed by atoms with van der Waals surface area (Å²) < 4.78 is 10.3. The van der Waals surface area contributed by atoms with Crippen molar-refractivity contribution in [3.8, 4) is 11.5 Å². The first-order valence-electron chi connectivity index (χ1n) is 5.33. The lowest BCUT2D eigenvalue weighted by atomic mass is 10.0. The minimum Gasteiger partial charge on any atom is -0.497 e. The summed E-state index contributed by atoms with van der Waals surface area (Å²) >= 11 is 0. The van der Waals surface area contributed by atoms with Crippen LogP contribution in [0.25, 0.3) is 0 Å². The van der Waals surface area contributed by atoms with E-state index in [4.69, 9.17) is 19.4 Å². The average molecular weight is 251 g/mol. The number of ether oxygens (including phenoxy) is 2. The first-order chi connectivity index (χ1) is 8.65. The Morgan fingerprint density at radius 1 is 1.44 bits per heavy atom. The minimum atomic E-state index is -1.03. The molecule has 2 rings (SSSR count). The molecule has 0 aliphatic carbocycles. The van der Waals surface area contributed by atoms with Gasteiger partial charge in [-0.05, 0) is 18.2 Å². The second kappa shape index (κ2) is 4.95. The Morgan fingerprint density at radius 3 is 2.78 bits per heavy atom. The molecule has 0 aromatic heterocycles. The molecule has 1 heterocycles. The zero-order valence-electron chi connectivity index (χ0n) is 10.0. The molecule has 0 fully saturated rings. The van der Waals surface area contributed by atoms with Gasteiger partial charge >= 0.3 is 5.97 Å². The van der Waals surface area contributed by atoms with Gasteiger partial charge in [-0.25, -0.2) is 4.79 Å². The van der Waals surface area contributed by atoms with E-state index < -0.39 is 12.1 Å². The van der Waals surface area contributed by atoms with Crippen molar-refractivity contribution < 1.29 is 24.2 Å². The summed E-state index contributed by atoms with van der Waals surface area (Å²) in [5, 5.41) is 12.6. The van der Waals surface area contributed by atoms with Crippen LogP contribution in [-0.2, 0) is 9.63 Å².